The number of hydrogen-bond acceptors (Lipinski definition) is 3. The molecule has 2 aromatic heterocycles. The molecule has 0 radical (unpaired) electrons. The average molecular weight is 414 g/mol. The van der Waals surface area contributed by atoms with E-state index in [0.29, 0.717) is 11.5 Å². The van der Waals surface area contributed by atoms with Crippen LogP contribution in [-0.4, -0.2) is 20.5 Å². The molecular formula is C21H14F4N4O. The van der Waals surface area contributed by atoms with Gasteiger partial charge in [-0.25, -0.2) is 4.39 Å². The van der Waals surface area contributed by atoms with Crippen molar-refractivity contribution in [3.63, 3.8) is 0 Å². The zero-order valence-corrected chi connectivity index (χ0v) is 15.3. The molecule has 2 aromatic carbocycles. The Bertz CT molecular complexity index is 1230. The number of fused-ring (bicyclic) bond motifs is 1. The molecule has 0 unspecified atom stereocenters. The lowest BCUT2D eigenvalue weighted by molar-refractivity contribution is -0.137. The van der Waals surface area contributed by atoms with Crippen molar-refractivity contribution in [3.8, 4) is 11.1 Å². The summed E-state index contributed by atoms with van der Waals surface area (Å²) in [4.78, 5) is 12.7. The van der Waals surface area contributed by atoms with E-state index in [2.05, 4.69) is 15.5 Å². The number of carbonyl (C=O) groups is 1. The van der Waals surface area contributed by atoms with Crippen molar-refractivity contribution in [1.29, 1.82) is 0 Å². The van der Waals surface area contributed by atoms with E-state index in [9.17, 15) is 22.4 Å². The number of carbonyl (C=O) groups excluding carboxylic acids is 1. The molecule has 9 heteroatoms. The van der Waals surface area contributed by atoms with Gasteiger partial charge in [0.15, 0.2) is 11.5 Å². The highest BCUT2D eigenvalue weighted by Gasteiger charge is 2.30. The molecule has 152 valence electrons. The van der Waals surface area contributed by atoms with Crippen molar-refractivity contribution in [2.75, 3.05) is 0 Å². The van der Waals surface area contributed by atoms with Gasteiger partial charge in [0.05, 0.1) is 17.7 Å². The number of alkyl halides is 3. The van der Waals surface area contributed by atoms with E-state index in [1.54, 1.807) is 28.8 Å². The lowest BCUT2D eigenvalue weighted by Crippen LogP contribution is -2.24. The summed E-state index contributed by atoms with van der Waals surface area (Å²) in [5.74, 6) is -0.866. The molecule has 4 rings (SSSR count). The number of pyridine rings is 1. The highest BCUT2D eigenvalue weighted by molar-refractivity contribution is 6.00. The Kier molecular flexibility index (Phi) is 4.94. The van der Waals surface area contributed by atoms with Crippen LogP contribution in [-0.2, 0) is 12.7 Å². The summed E-state index contributed by atoms with van der Waals surface area (Å²) in [6.07, 6.45) is -2.81. The topological polar surface area (TPSA) is 59.3 Å². The van der Waals surface area contributed by atoms with E-state index >= 15 is 0 Å². The summed E-state index contributed by atoms with van der Waals surface area (Å²) in [7, 11) is 0. The van der Waals surface area contributed by atoms with E-state index in [1.807, 2.05) is 0 Å². The Balaban J connectivity index is 1.64. The van der Waals surface area contributed by atoms with Crippen molar-refractivity contribution < 1.29 is 22.4 Å². The first-order valence-corrected chi connectivity index (χ1v) is 8.87. The van der Waals surface area contributed by atoms with E-state index in [0.717, 1.165) is 24.3 Å². The average Bonchev–Trinajstić information content (AvgIpc) is 3.14. The molecule has 0 spiro atoms. The molecule has 0 saturated heterocycles. The molecule has 2 heterocycles. The normalized spacial score (nSPS) is 11.6. The maximum atomic E-state index is 13.8. The van der Waals surface area contributed by atoms with Crippen LogP contribution < -0.4 is 5.32 Å². The number of nitrogens with zero attached hydrogens (tertiary/aromatic N) is 3. The number of aromatic nitrogens is 3. The molecule has 1 N–H and O–H groups in total. The molecule has 5 nitrogen and oxygen atoms in total. The van der Waals surface area contributed by atoms with Gasteiger partial charge in [0.1, 0.15) is 5.82 Å². The van der Waals surface area contributed by atoms with Gasteiger partial charge in [-0.15, -0.1) is 10.2 Å². The van der Waals surface area contributed by atoms with Gasteiger partial charge in [-0.1, -0.05) is 24.3 Å². The standard InChI is InChI=1S/C21H14F4N4O/c22-15-7-8-16(13-4-3-5-14(10-13)21(23,24)25)17(11-15)20(30)26-12-19-28-27-18-6-1-2-9-29(18)19/h1-11H,12H2,(H,26,30). The molecule has 0 atom stereocenters. The maximum absolute atomic E-state index is 13.8. The Hall–Kier alpha value is -3.75. The molecule has 0 fully saturated rings. The van der Waals surface area contributed by atoms with Crippen LogP contribution >= 0.6 is 0 Å². The minimum atomic E-state index is -4.53. The van der Waals surface area contributed by atoms with Crippen LogP contribution in [0.5, 0.6) is 0 Å². The predicted molar refractivity (Wildman–Crippen MR) is 101 cm³/mol. The Morgan fingerprint density at radius 2 is 1.83 bits per heavy atom. The second-order valence-electron chi connectivity index (χ2n) is 6.50. The maximum Gasteiger partial charge on any atom is 0.416 e. The third-order valence-electron chi connectivity index (χ3n) is 4.52. The summed E-state index contributed by atoms with van der Waals surface area (Å²) in [6.45, 7) is 0.00254. The van der Waals surface area contributed by atoms with E-state index < -0.39 is 23.5 Å². The fraction of sp³-hybridized carbons (Fsp3) is 0.0952. The van der Waals surface area contributed by atoms with Crippen molar-refractivity contribution in [2.24, 2.45) is 0 Å². The SMILES string of the molecule is O=C(NCc1nnc2ccccn12)c1cc(F)ccc1-c1cccc(C(F)(F)F)c1. The van der Waals surface area contributed by atoms with Crippen LogP contribution in [0.4, 0.5) is 17.6 Å². The smallest absolute Gasteiger partial charge is 0.345 e. The minimum absolute atomic E-state index is 0.00254. The summed E-state index contributed by atoms with van der Waals surface area (Å²) >= 11 is 0. The number of halogens is 4. The molecular weight excluding hydrogens is 400 g/mol. The van der Waals surface area contributed by atoms with Crippen LogP contribution in [0.25, 0.3) is 16.8 Å². The van der Waals surface area contributed by atoms with Crippen molar-refractivity contribution in [2.45, 2.75) is 12.7 Å². The van der Waals surface area contributed by atoms with Gasteiger partial charge in [0.2, 0.25) is 0 Å². The third-order valence-corrected chi connectivity index (χ3v) is 4.52. The van der Waals surface area contributed by atoms with Crippen LogP contribution in [0.2, 0.25) is 0 Å². The molecule has 0 saturated carbocycles. The predicted octanol–water partition coefficient (Wildman–Crippen LogP) is 4.48. The Morgan fingerprint density at radius 1 is 1.00 bits per heavy atom. The van der Waals surface area contributed by atoms with Crippen LogP contribution in [0.3, 0.4) is 0 Å². The highest BCUT2D eigenvalue weighted by atomic mass is 19.4. The zero-order chi connectivity index (χ0) is 21.3. The number of amides is 1. The number of rotatable bonds is 4. The van der Waals surface area contributed by atoms with Crippen molar-refractivity contribution >= 4 is 11.6 Å². The molecule has 1 amide bonds. The van der Waals surface area contributed by atoms with Gasteiger partial charge in [-0.3, -0.25) is 9.20 Å². The molecule has 0 aliphatic heterocycles. The van der Waals surface area contributed by atoms with Crippen molar-refractivity contribution in [3.05, 3.63) is 89.6 Å². The second-order valence-corrected chi connectivity index (χ2v) is 6.50. The summed E-state index contributed by atoms with van der Waals surface area (Å²) in [6, 6.07) is 13.2. The van der Waals surface area contributed by atoms with E-state index in [1.165, 1.54) is 18.2 Å². The molecule has 0 aliphatic carbocycles. The van der Waals surface area contributed by atoms with Crippen LogP contribution in [0.15, 0.2) is 66.9 Å². The Morgan fingerprint density at radius 3 is 2.63 bits per heavy atom. The fourth-order valence-electron chi connectivity index (χ4n) is 3.09. The monoisotopic (exact) mass is 414 g/mol. The van der Waals surface area contributed by atoms with Gasteiger partial charge in [-0.2, -0.15) is 13.2 Å². The number of nitrogens with one attached hydrogen (secondary N) is 1. The highest BCUT2D eigenvalue weighted by Crippen LogP contribution is 2.33. The molecule has 0 aliphatic rings. The Labute approximate surface area is 168 Å². The van der Waals surface area contributed by atoms with Crippen LogP contribution in [0.1, 0.15) is 21.7 Å². The minimum Gasteiger partial charge on any atom is -0.345 e. The van der Waals surface area contributed by atoms with Gasteiger partial charge in [0.25, 0.3) is 5.91 Å². The van der Waals surface area contributed by atoms with Gasteiger partial charge < -0.3 is 5.32 Å². The van der Waals surface area contributed by atoms with Gasteiger partial charge in [-0.05, 0) is 47.5 Å². The van der Waals surface area contributed by atoms with E-state index in [-0.39, 0.29) is 23.2 Å². The first-order chi connectivity index (χ1) is 14.3. The fourth-order valence-corrected chi connectivity index (χ4v) is 3.09. The van der Waals surface area contributed by atoms with Crippen LogP contribution in [0, 0.1) is 5.82 Å². The van der Waals surface area contributed by atoms with Gasteiger partial charge in [0, 0.05) is 6.20 Å². The quantitative estimate of drug-likeness (QED) is 0.501. The lowest BCUT2D eigenvalue weighted by Gasteiger charge is -2.13. The molecule has 4 aromatic rings. The summed E-state index contributed by atoms with van der Waals surface area (Å²) < 4.78 is 54.7. The largest absolute Gasteiger partial charge is 0.416 e. The third kappa shape index (κ3) is 3.86. The number of hydrogen-bond donors (Lipinski definition) is 1. The number of benzene rings is 2. The first-order valence-electron chi connectivity index (χ1n) is 8.87. The van der Waals surface area contributed by atoms with Gasteiger partial charge >= 0.3 is 6.18 Å². The van der Waals surface area contributed by atoms with Crippen molar-refractivity contribution in [1.82, 2.24) is 19.9 Å². The summed E-state index contributed by atoms with van der Waals surface area (Å²) in [5, 5.41) is 10.6. The molecule has 0 bridgehead atoms. The molecule has 30 heavy (non-hydrogen) atoms. The second kappa shape index (κ2) is 7.58. The first kappa shape index (κ1) is 19.6. The zero-order valence-electron chi connectivity index (χ0n) is 15.3. The van der Waals surface area contributed by atoms with E-state index in [4.69, 9.17) is 0 Å². The lowest BCUT2D eigenvalue weighted by atomic mass is 9.97. The summed E-state index contributed by atoms with van der Waals surface area (Å²) in [5.41, 5.74) is -0.0000727.